The average Bonchev–Trinajstić information content (AvgIpc) is 1.01. The Hall–Kier alpha value is -11.4. The minimum atomic E-state index is -0.792. The molecule has 8 N–H and O–H groups in total. The number of aromatic amines is 4. The lowest BCUT2D eigenvalue weighted by Gasteiger charge is -2.20. The summed E-state index contributed by atoms with van der Waals surface area (Å²) in [6.07, 6.45) is 14.3. The Bertz CT molecular complexity index is 4770. The van der Waals surface area contributed by atoms with Crippen LogP contribution in [0.15, 0.2) is 104 Å². The van der Waals surface area contributed by atoms with Gasteiger partial charge in [-0.15, -0.1) is 0 Å². The highest BCUT2D eigenvalue weighted by Gasteiger charge is 2.24. The van der Waals surface area contributed by atoms with Crippen LogP contribution in [0.5, 0.6) is 0 Å². The standard InChI is InChI=1S/C12H16N2O2.C11H11N3O4.C11H15N3O2.C11H14N2O2.C10H10N4O4.C10H13N3O2/c1-8(9(2)15)14-7-5-10-4-3-6-13-11(10)12(14)16;1-5(6(2)15)14-4-3-7-8(10(14)17)12-11(18)13-9(7)16;1-7(8(2)15)14-6-13-9-4-3-5-12-10(9)11(14)16;1-7(8(2)14)13-6-4-9-3-5-12-10(9)11(13)15;1-4(5(2)15)14-3-11-6-7(9(14)17)12-10(18)13-8(6)16;1-6(7(2)14)13-5-12-8-3-4-11-9(8)10(13)15/h5,7-8,13H,3-4,6H2,1-2H3;3-5H,1-2H3,(H2,12,13,16,18);6-7,12H,3-5H2,1-2H3;4,6-7,12H,3,5H2,1-2H3;3-4H,1-2H3,(H2,12,13,16,18);5-6,11H,3-4H2,1-2H3. The monoisotopic (exact) mass is 1350 g/mol. The number of hydrogen-bond donors (Lipinski definition) is 8. The number of H-pyrrole nitrogens is 4. The summed E-state index contributed by atoms with van der Waals surface area (Å²) >= 11 is 0. The van der Waals surface area contributed by atoms with E-state index in [1.165, 1.54) is 96.2 Å². The first-order valence-corrected chi connectivity index (χ1v) is 31.5. The van der Waals surface area contributed by atoms with Crippen LogP contribution in [0.2, 0.25) is 0 Å². The fourth-order valence-electron chi connectivity index (χ4n) is 10.4. The van der Waals surface area contributed by atoms with Crippen molar-refractivity contribution in [3.8, 4) is 0 Å². The van der Waals surface area contributed by atoms with E-state index < -0.39 is 57.8 Å². The van der Waals surface area contributed by atoms with Gasteiger partial charge in [0, 0.05) is 51.2 Å². The van der Waals surface area contributed by atoms with Crippen molar-refractivity contribution in [3.05, 3.63) is 182 Å². The van der Waals surface area contributed by atoms with Gasteiger partial charge in [0.15, 0.2) is 40.2 Å². The molecule has 8 aromatic heterocycles. The summed E-state index contributed by atoms with van der Waals surface area (Å²) in [4.78, 5) is 205. The number of pyridine rings is 3. The highest BCUT2D eigenvalue weighted by atomic mass is 16.2. The minimum absolute atomic E-state index is 0.00198. The third-order valence-corrected chi connectivity index (χ3v) is 17.3. The molecule has 4 aliphatic heterocycles. The number of nitrogens with one attached hydrogen (secondary N) is 8. The van der Waals surface area contributed by atoms with E-state index in [2.05, 4.69) is 46.2 Å². The second-order valence-electron chi connectivity index (χ2n) is 23.9. The lowest BCUT2D eigenvalue weighted by Crippen LogP contribution is -2.32. The van der Waals surface area contributed by atoms with Gasteiger partial charge < -0.3 is 44.9 Å². The van der Waals surface area contributed by atoms with Gasteiger partial charge in [0.1, 0.15) is 33.8 Å². The number of fused-ring (bicyclic) bond motifs is 6. The molecule has 6 atom stereocenters. The van der Waals surface area contributed by atoms with Crippen LogP contribution in [0.25, 0.3) is 21.9 Å². The van der Waals surface area contributed by atoms with Crippen LogP contribution in [0.4, 0.5) is 22.7 Å². The number of carbonyl (C=O) groups is 6. The maximum absolute atomic E-state index is 12.1. The second kappa shape index (κ2) is 31.9. The molecule has 33 heteroatoms. The summed E-state index contributed by atoms with van der Waals surface area (Å²) in [5, 5.41) is 12.3. The van der Waals surface area contributed by atoms with Crippen molar-refractivity contribution in [2.75, 3.05) is 47.4 Å². The van der Waals surface area contributed by atoms with Crippen LogP contribution >= 0.6 is 0 Å². The Morgan fingerprint density at radius 3 is 1.18 bits per heavy atom. The van der Waals surface area contributed by atoms with Gasteiger partial charge in [0.25, 0.3) is 44.5 Å². The molecule has 12 heterocycles. The van der Waals surface area contributed by atoms with E-state index >= 15 is 0 Å². The summed E-state index contributed by atoms with van der Waals surface area (Å²) in [6.45, 7) is 21.8. The Labute approximate surface area is 555 Å². The third kappa shape index (κ3) is 16.6. The van der Waals surface area contributed by atoms with Gasteiger partial charge >= 0.3 is 11.4 Å². The van der Waals surface area contributed by atoms with Crippen LogP contribution in [0.3, 0.4) is 0 Å². The van der Waals surface area contributed by atoms with Crippen molar-refractivity contribution in [2.24, 2.45) is 0 Å². The summed E-state index contributed by atoms with van der Waals surface area (Å²) in [7, 11) is 0. The topological polar surface area (TPSA) is 453 Å². The Morgan fingerprint density at radius 1 is 0.357 bits per heavy atom. The maximum Gasteiger partial charge on any atom is 0.326 e. The zero-order chi connectivity index (χ0) is 72.3. The predicted molar refractivity (Wildman–Crippen MR) is 365 cm³/mol. The van der Waals surface area contributed by atoms with E-state index in [0.29, 0.717) is 22.7 Å². The first kappa shape index (κ1) is 74.0. The summed E-state index contributed by atoms with van der Waals surface area (Å²) in [6, 6.07) is 2.21. The first-order chi connectivity index (χ1) is 46.3. The van der Waals surface area contributed by atoms with Crippen LogP contribution in [-0.2, 0) is 54.5 Å². The van der Waals surface area contributed by atoms with Crippen LogP contribution in [0, 0.1) is 0 Å². The fraction of sp³-hybridized carbons (Fsp3) is 0.431. The largest absolute Gasteiger partial charge is 0.380 e. The van der Waals surface area contributed by atoms with Crippen LogP contribution in [0.1, 0.15) is 155 Å². The molecule has 0 saturated heterocycles. The minimum Gasteiger partial charge on any atom is -0.380 e. The first-order valence-electron chi connectivity index (χ1n) is 31.5. The number of aryl methyl sites for hydroxylation is 2. The Morgan fingerprint density at radius 2 is 0.694 bits per heavy atom. The van der Waals surface area contributed by atoms with E-state index in [0.717, 1.165) is 98.1 Å². The van der Waals surface area contributed by atoms with Gasteiger partial charge in [-0.1, -0.05) is 0 Å². The van der Waals surface area contributed by atoms with Gasteiger partial charge in [0.05, 0.1) is 72.0 Å². The maximum atomic E-state index is 12.1. The van der Waals surface area contributed by atoms with E-state index in [-0.39, 0.29) is 91.0 Å². The molecule has 33 nitrogen and oxygen atoms in total. The molecule has 0 spiro atoms. The molecule has 0 bridgehead atoms. The molecule has 0 aromatic carbocycles. The molecule has 8 aromatic rings. The zero-order valence-corrected chi connectivity index (χ0v) is 56.3. The molecule has 12 rings (SSSR count). The molecular weight excluding hydrogens is 1270 g/mol. The molecule has 4 aliphatic rings. The molecule has 0 radical (unpaired) electrons. The van der Waals surface area contributed by atoms with Gasteiger partial charge in [-0.2, -0.15) is 0 Å². The van der Waals surface area contributed by atoms with Gasteiger partial charge in [-0.3, -0.25) is 90.8 Å². The molecule has 98 heavy (non-hydrogen) atoms. The quantitative estimate of drug-likeness (QED) is 0.0865. The van der Waals surface area contributed by atoms with E-state index in [1.54, 1.807) is 47.0 Å². The zero-order valence-electron chi connectivity index (χ0n) is 56.3. The molecule has 520 valence electrons. The van der Waals surface area contributed by atoms with Crippen molar-refractivity contribution in [1.29, 1.82) is 0 Å². The number of nitrogens with zero attached hydrogens (tertiary/aromatic N) is 9. The molecule has 0 amide bonds. The third-order valence-electron chi connectivity index (χ3n) is 17.3. The highest BCUT2D eigenvalue weighted by Crippen LogP contribution is 2.21. The van der Waals surface area contributed by atoms with Crippen molar-refractivity contribution in [1.82, 2.24) is 62.3 Å². The second-order valence-corrected chi connectivity index (χ2v) is 23.9. The average molecular weight is 1350 g/mol. The smallest absolute Gasteiger partial charge is 0.326 e. The highest BCUT2D eigenvalue weighted by molar-refractivity contribution is 5.83. The summed E-state index contributed by atoms with van der Waals surface area (Å²) in [5.41, 5.74) is 1.08. The van der Waals surface area contributed by atoms with Crippen molar-refractivity contribution < 1.29 is 28.8 Å². The fourth-order valence-corrected chi connectivity index (χ4v) is 10.4. The number of ketones is 6. The molecule has 0 aliphatic carbocycles. The molecular formula is C65H79N17O16. The Kier molecular flexibility index (Phi) is 24.1. The summed E-state index contributed by atoms with van der Waals surface area (Å²) in [5.74, 6) is -0.515. The molecule has 0 fully saturated rings. The van der Waals surface area contributed by atoms with Gasteiger partial charge in [-0.25, -0.2) is 24.5 Å². The van der Waals surface area contributed by atoms with Gasteiger partial charge in [-0.05, 0) is 145 Å². The van der Waals surface area contributed by atoms with Crippen LogP contribution in [-0.4, -0.2) is 123 Å². The number of rotatable bonds is 12. The van der Waals surface area contributed by atoms with Crippen molar-refractivity contribution in [2.45, 2.75) is 158 Å². The van der Waals surface area contributed by atoms with Crippen molar-refractivity contribution in [3.63, 3.8) is 0 Å². The lowest BCUT2D eigenvalue weighted by molar-refractivity contribution is -0.120. The number of hydrogen-bond acceptors (Lipinski definition) is 23. The number of aromatic nitrogens is 13. The lowest BCUT2D eigenvalue weighted by atomic mass is 10.1. The van der Waals surface area contributed by atoms with E-state index in [9.17, 15) is 76.7 Å². The SMILES string of the molecule is CC(=O)C(C)n1ccc2c(=O)[nH]c(=O)[nH]c2c1=O.CC(=O)C(C)n1ccc2c(c1=O)NCC2.CC(=O)C(C)n1ccc2c(c1=O)NCCC2.CC(=O)C(C)n1cnc2c(=O)[nH]c(=O)[nH]c2c1=O.CC(=O)C(C)n1cnc2c(c1=O)NCC2.CC(=O)C(C)n1cnc2c(c1=O)NCCC2. The normalized spacial score (nSPS) is 14.7. The molecule has 0 saturated carbocycles. The Balaban J connectivity index is 0.000000166. The number of anilines is 4. The number of carbonyl (C=O) groups excluding carboxylic acids is 6. The van der Waals surface area contributed by atoms with E-state index in [1.807, 2.05) is 22.1 Å². The van der Waals surface area contributed by atoms with E-state index in [4.69, 9.17) is 0 Å². The number of Topliss-reactive ketones (excluding diaryl/α,β-unsaturated/α-hetero) is 6. The molecule has 6 unspecified atom stereocenters. The predicted octanol–water partition coefficient (Wildman–Crippen LogP) is 1.89. The van der Waals surface area contributed by atoms with Gasteiger partial charge in [0.2, 0.25) is 0 Å². The van der Waals surface area contributed by atoms with Crippen LogP contribution < -0.4 is 77.1 Å². The van der Waals surface area contributed by atoms with Crippen molar-refractivity contribution >= 4 is 79.4 Å². The summed E-state index contributed by atoms with van der Waals surface area (Å²) < 4.78 is 8.00.